The zero-order chi connectivity index (χ0) is 19.1. The van der Waals surface area contributed by atoms with Gasteiger partial charge in [-0.2, -0.15) is 0 Å². The van der Waals surface area contributed by atoms with Gasteiger partial charge < -0.3 is 10.1 Å². The number of rotatable bonds is 4. The number of nitrogens with zero attached hydrogens (tertiary/aromatic N) is 2. The van der Waals surface area contributed by atoms with Crippen LogP contribution in [0.15, 0.2) is 36.5 Å². The van der Waals surface area contributed by atoms with Gasteiger partial charge in [-0.25, -0.2) is 4.98 Å². The topological polar surface area (TPSA) is 37.4 Å². The lowest BCUT2D eigenvalue weighted by atomic mass is 9.93. The van der Waals surface area contributed by atoms with E-state index >= 15 is 0 Å². The van der Waals surface area contributed by atoms with Crippen LogP contribution in [0.5, 0.6) is 0 Å². The lowest BCUT2D eigenvalue weighted by Gasteiger charge is -2.40. The van der Waals surface area contributed by atoms with Gasteiger partial charge in [-0.05, 0) is 56.9 Å². The second kappa shape index (κ2) is 7.43. The number of hydrogen-bond acceptors (Lipinski definition) is 5. The average Bonchev–Trinajstić information content (AvgIpc) is 3.37. The van der Waals surface area contributed by atoms with E-state index in [9.17, 15) is 0 Å². The minimum Gasteiger partial charge on any atom is -0.375 e. The second-order valence-electron chi connectivity index (χ2n) is 9.44. The van der Waals surface area contributed by atoms with Gasteiger partial charge in [-0.1, -0.05) is 41.7 Å². The minimum absolute atomic E-state index is 0.0476. The van der Waals surface area contributed by atoms with E-state index in [1.165, 1.54) is 49.2 Å². The molecule has 150 valence electrons. The van der Waals surface area contributed by atoms with Crippen molar-refractivity contribution in [3.05, 3.63) is 36.5 Å². The average molecular weight is 398 g/mol. The maximum absolute atomic E-state index is 5.92. The van der Waals surface area contributed by atoms with Gasteiger partial charge in [-0.3, -0.25) is 4.90 Å². The Morgan fingerprint density at radius 2 is 1.89 bits per heavy atom. The predicted octanol–water partition coefficient (Wildman–Crippen LogP) is 4.89. The Morgan fingerprint density at radius 1 is 1.14 bits per heavy atom. The van der Waals surface area contributed by atoms with Crippen molar-refractivity contribution < 1.29 is 4.74 Å². The van der Waals surface area contributed by atoms with E-state index in [1.807, 2.05) is 6.20 Å². The molecule has 3 aliphatic rings. The zero-order valence-corrected chi connectivity index (χ0v) is 17.8. The first kappa shape index (κ1) is 18.6. The summed E-state index contributed by atoms with van der Waals surface area (Å²) >= 11 is 1.78. The number of nitrogens with one attached hydrogen (secondary N) is 1. The van der Waals surface area contributed by atoms with Gasteiger partial charge in [0.05, 0.1) is 10.5 Å². The largest absolute Gasteiger partial charge is 0.375 e. The predicted molar refractivity (Wildman–Crippen MR) is 116 cm³/mol. The maximum Gasteiger partial charge on any atom is 0.183 e. The summed E-state index contributed by atoms with van der Waals surface area (Å²) in [5.74, 6) is 1.69. The number of anilines is 1. The molecule has 5 rings (SSSR count). The molecule has 0 radical (unpaired) electrons. The van der Waals surface area contributed by atoms with Crippen molar-refractivity contribution in [3.8, 4) is 10.4 Å². The molecule has 2 unspecified atom stereocenters. The molecule has 5 heteroatoms. The molecule has 1 aromatic carbocycles. The highest BCUT2D eigenvalue weighted by Crippen LogP contribution is 2.42. The van der Waals surface area contributed by atoms with Gasteiger partial charge in [0.2, 0.25) is 0 Å². The standard InChI is InChI=1S/C23H31N3OS/c1-23(2)12-20(8-9-27-23)26-14-17-10-19(11-18(17)15-26)25-22-24-13-21(28-22)16-6-4-3-5-7-16/h3-7,13,17-20H,8-12,14-15H2,1-2H3,(H,24,25)/t17-,18+,19?,20?. The monoisotopic (exact) mass is 397 g/mol. The third-order valence-corrected chi connectivity index (χ3v) is 7.84. The first-order valence-corrected chi connectivity index (χ1v) is 11.5. The van der Waals surface area contributed by atoms with Crippen LogP contribution in [0, 0.1) is 11.8 Å². The van der Waals surface area contributed by atoms with E-state index in [4.69, 9.17) is 4.74 Å². The van der Waals surface area contributed by atoms with Crippen molar-refractivity contribution in [3.63, 3.8) is 0 Å². The molecule has 0 spiro atoms. The Morgan fingerprint density at radius 3 is 2.61 bits per heavy atom. The highest BCUT2D eigenvalue weighted by atomic mass is 32.1. The van der Waals surface area contributed by atoms with Crippen LogP contribution in [0.4, 0.5) is 5.13 Å². The van der Waals surface area contributed by atoms with E-state index in [-0.39, 0.29) is 5.60 Å². The number of hydrogen-bond donors (Lipinski definition) is 1. The number of fused-ring (bicyclic) bond motifs is 1. The van der Waals surface area contributed by atoms with Crippen molar-refractivity contribution in [2.24, 2.45) is 11.8 Å². The summed E-state index contributed by atoms with van der Waals surface area (Å²) in [5, 5.41) is 4.81. The number of aromatic nitrogens is 1. The van der Waals surface area contributed by atoms with Crippen LogP contribution in [-0.4, -0.2) is 47.3 Å². The first-order chi connectivity index (χ1) is 13.6. The van der Waals surface area contributed by atoms with E-state index in [1.54, 1.807) is 11.3 Å². The summed E-state index contributed by atoms with van der Waals surface area (Å²) in [6.07, 6.45) is 6.95. The van der Waals surface area contributed by atoms with Crippen LogP contribution in [0.3, 0.4) is 0 Å². The fourth-order valence-corrected chi connectivity index (χ4v) is 6.41. The molecule has 0 amide bonds. The number of likely N-dealkylation sites (tertiary alicyclic amines) is 1. The second-order valence-corrected chi connectivity index (χ2v) is 10.5. The molecule has 4 nitrogen and oxygen atoms in total. The molecule has 2 saturated heterocycles. The van der Waals surface area contributed by atoms with E-state index in [0.29, 0.717) is 12.1 Å². The molecular formula is C23H31N3OS. The zero-order valence-electron chi connectivity index (χ0n) is 16.9. The maximum atomic E-state index is 5.92. The van der Waals surface area contributed by atoms with Gasteiger partial charge in [-0.15, -0.1) is 0 Å². The van der Waals surface area contributed by atoms with Crippen LogP contribution in [-0.2, 0) is 4.74 Å². The van der Waals surface area contributed by atoms with Crippen LogP contribution < -0.4 is 5.32 Å². The first-order valence-electron chi connectivity index (χ1n) is 10.7. The van der Waals surface area contributed by atoms with Crippen molar-refractivity contribution in [1.29, 1.82) is 0 Å². The fraction of sp³-hybridized carbons (Fsp3) is 0.609. The molecule has 1 saturated carbocycles. The normalized spacial score (nSPS) is 32.4. The summed E-state index contributed by atoms with van der Waals surface area (Å²) in [7, 11) is 0. The van der Waals surface area contributed by atoms with E-state index in [2.05, 4.69) is 59.4 Å². The Labute approximate surface area is 172 Å². The van der Waals surface area contributed by atoms with Crippen molar-refractivity contribution in [1.82, 2.24) is 9.88 Å². The SMILES string of the molecule is CC1(C)CC(N2C[C@H]3CC(Nc4ncc(-c5ccccc5)s4)C[C@H]3C2)CCO1. The van der Waals surface area contributed by atoms with Crippen LogP contribution in [0.25, 0.3) is 10.4 Å². The number of benzene rings is 1. The van der Waals surface area contributed by atoms with Gasteiger partial charge in [0.15, 0.2) is 5.13 Å². The molecule has 3 heterocycles. The van der Waals surface area contributed by atoms with Crippen LogP contribution >= 0.6 is 11.3 Å². The van der Waals surface area contributed by atoms with Crippen molar-refractivity contribution in [2.75, 3.05) is 25.0 Å². The smallest absolute Gasteiger partial charge is 0.183 e. The summed E-state index contributed by atoms with van der Waals surface area (Å²) < 4.78 is 5.92. The van der Waals surface area contributed by atoms with Gasteiger partial charge in [0, 0.05) is 38.0 Å². The molecule has 2 aliphatic heterocycles. The van der Waals surface area contributed by atoms with Crippen LogP contribution in [0.1, 0.15) is 39.5 Å². The van der Waals surface area contributed by atoms with Crippen molar-refractivity contribution >= 4 is 16.5 Å². The summed E-state index contributed by atoms with van der Waals surface area (Å²) in [4.78, 5) is 8.65. The van der Waals surface area contributed by atoms with Gasteiger partial charge in [0.25, 0.3) is 0 Å². The van der Waals surface area contributed by atoms with Gasteiger partial charge >= 0.3 is 0 Å². The summed E-state index contributed by atoms with van der Waals surface area (Å²) in [6, 6.07) is 11.8. The Kier molecular flexibility index (Phi) is 4.93. The number of thiazole rings is 1. The molecule has 1 aromatic heterocycles. The third kappa shape index (κ3) is 3.85. The fourth-order valence-electron chi connectivity index (χ4n) is 5.51. The summed E-state index contributed by atoms with van der Waals surface area (Å²) in [5.41, 5.74) is 1.30. The molecule has 2 aromatic rings. The van der Waals surface area contributed by atoms with Crippen molar-refractivity contribution in [2.45, 2.75) is 57.2 Å². The lowest BCUT2D eigenvalue weighted by molar-refractivity contribution is -0.0811. The van der Waals surface area contributed by atoms with Crippen LogP contribution in [0.2, 0.25) is 0 Å². The molecule has 1 N–H and O–H groups in total. The molecule has 3 fully saturated rings. The summed E-state index contributed by atoms with van der Waals surface area (Å²) in [6.45, 7) is 7.95. The highest BCUT2D eigenvalue weighted by Gasteiger charge is 2.44. The highest BCUT2D eigenvalue weighted by molar-refractivity contribution is 7.18. The molecule has 1 aliphatic carbocycles. The van der Waals surface area contributed by atoms with E-state index < -0.39 is 0 Å². The Balaban J connectivity index is 1.16. The Hall–Kier alpha value is -1.43. The minimum atomic E-state index is 0.0476. The molecule has 0 bridgehead atoms. The Bertz CT molecular complexity index is 791. The molecule has 28 heavy (non-hydrogen) atoms. The lowest BCUT2D eigenvalue weighted by Crippen LogP contribution is -2.45. The molecular weight excluding hydrogens is 366 g/mol. The van der Waals surface area contributed by atoms with Gasteiger partial charge in [0.1, 0.15) is 0 Å². The number of ether oxygens (including phenoxy) is 1. The third-order valence-electron chi connectivity index (χ3n) is 6.86. The molecule has 4 atom stereocenters. The van der Waals surface area contributed by atoms with E-state index in [0.717, 1.165) is 23.6 Å². The quantitative estimate of drug-likeness (QED) is 0.797.